The lowest BCUT2D eigenvalue weighted by Crippen LogP contribution is -2.18. The van der Waals surface area contributed by atoms with Crippen molar-refractivity contribution in [3.8, 4) is 0 Å². The van der Waals surface area contributed by atoms with E-state index >= 15 is 0 Å². The Morgan fingerprint density at radius 1 is 1.27 bits per heavy atom. The van der Waals surface area contributed by atoms with E-state index in [9.17, 15) is 14.9 Å². The first-order chi connectivity index (χ1) is 12.4. The molecule has 3 rings (SSSR count). The van der Waals surface area contributed by atoms with Crippen molar-refractivity contribution >= 4 is 28.2 Å². The van der Waals surface area contributed by atoms with E-state index in [1.54, 1.807) is 0 Å². The lowest BCUT2D eigenvalue weighted by Gasteiger charge is -2.12. The van der Waals surface area contributed by atoms with E-state index in [-0.39, 0.29) is 11.4 Å². The van der Waals surface area contributed by atoms with Crippen molar-refractivity contribution in [2.45, 2.75) is 6.54 Å². The predicted molar refractivity (Wildman–Crippen MR) is 99.3 cm³/mol. The molecule has 0 spiro atoms. The Balaban J connectivity index is 1.78. The van der Waals surface area contributed by atoms with Crippen LogP contribution in [-0.2, 0) is 6.54 Å². The number of amides is 1. The van der Waals surface area contributed by atoms with Gasteiger partial charge in [0.05, 0.1) is 10.4 Å². The first kappa shape index (κ1) is 17.6. The summed E-state index contributed by atoms with van der Waals surface area (Å²) >= 11 is 0. The molecule has 8 nitrogen and oxygen atoms in total. The molecule has 0 saturated carbocycles. The van der Waals surface area contributed by atoms with Crippen LogP contribution >= 0.6 is 0 Å². The second kappa shape index (κ2) is 7.32. The Bertz CT molecular complexity index is 947. The molecule has 0 bridgehead atoms. The molecule has 2 aromatic heterocycles. The van der Waals surface area contributed by atoms with Crippen LogP contribution in [0.2, 0.25) is 0 Å². The van der Waals surface area contributed by atoms with E-state index in [1.165, 1.54) is 12.1 Å². The van der Waals surface area contributed by atoms with Gasteiger partial charge in [-0.05, 0) is 43.7 Å². The molecular formula is C18H19N5O3. The number of anilines is 1. The number of nitrogens with zero attached hydrogens (tertiary/aromatic N) is 4. The van der Waals surface area contributed by atoms with Crippen LogP contribution in [0.25, 0.3) is 10.9 Å². The number of pyridine rings is 1. The molecule has 0 aliphatic heterocycles. The summed E-state index contributed by atoms with van der Waals surface area (Å²) in [5.74, 6) is -0.411. The quantitative estimate of drug-likeness (QED) is 0.543. The molecule has 134 valence electrons. The highest BCUT2D eigenvalue weighted by molar-refractivity contribution is 6.03. The Morgan fingerprint density at radius 3 is 2.73 bits per heavy atom. The molecule has 0 aliphatic rings. The summed E-state index contributed by atoms with van der Waals surface area (Å²) in [5.41, 5.74) is 1.65. The van der Waals surface area contributed by atoms with Crippen LogP contribution in [-0.4, -0.2) is 45.9 Å². The van der Waals surface area contributed by atoms with Gasteiger partial charge in [-0.2, -0.15) is 0 Å². The highest BCUT2D eigenvalue weighted by Crippen LogP contribution is 2.21. The minimum absolute atomic E-state index is 0.124. The van der Waals surface area contributed by atoms with E-state index < -0.39 is 10.8 Å². The molecule has 0 radical (unpaired) electrons. The first-order valence-corrected chi connectivity index (χ1v) is 8.09. The van der Waals surface area contributed by atoms with Crippen LogP contribution in [0.1, 0.15) is 10.5 Å². The molecule has 26 heavy (non-hydrogen) atoms. The Hall–Kier alpha value is -3.26. The van der Waals surface area contributed by atoms with Gasteiger partial charge in [0.1, 0.15) is 11.9 Å². The van der Waals surface area contributed by atoms with E-state index in [0.29, 0.717) is 5.69 Å². The lowest BCUT2D eigenvalue weighted by atomic mass is 10.2. The molecule has 0 fully saturated rings. The van der Waals surface area contributed by atoms with Crippen LogP contribution in [0.3, 0.4) is 0 Å². The van der Waals surface area contributed by atoms with Crippen molar-refractivity contribution in [2.24, 2.45) is 0 Å². The van der Waals surface area contributed by atoms with Crippen molar-refractivity contribution in [1.29, 1.82) is 0 Å². The molecule has 0 atom stereocenters. The maximum atomic E-state index is 12.3. The van der Waals surface area contributed by atoms with Crippen molar-refractivity contribution in [1.82, 2.24) is 14.5 Å². The van der Waals surface area contributed by atoms with Gasteiger partial charge in [0.15, 0.2) is 0 Å². The minimum atomic E-state index is -0.551. The smallest absolute Gasteiger partial charge is 0.287 e. The van der Waals surface area contributed by atoms with Crippen LogP contribution in [0.4, 0.5) is 11.4 Å². The second-order valence-corrected chi connectivity index (χ2v) is 6.20. The Morgan fingerprint density at radius 2 is 2.08 bits per heavy atom. The number of nitrogens with one attached hydrogen (secondary N) is 1. The summed E-state index contributed by atoms with van der Waals surface area (Å²) in [4.78, 5) is 28.4. The number of hydrogen-bond donors (Lipinski definition) is 1. The molecule has 0 unspecified atom stereocenters. The van der Waals surface area contributed by atoms with Gasteiger partial charge >= 0.3 is 0 Å². The largest absolute Gasteiger partial charge is 0.346 e. The standard InChI is InChI=1S/C18H19N5O3/c1-21(2)9-10-22-8-7-13-3-4-14(11-17(13)22)20-18(24)16-6-5-15(12-19-16)23(25)26/h3-8,11-12H,9-10H2,1-2H3,(H,20,24). The Kier molecular flexibility index (Phi) is 4.94. The molecule has 2 heterocycles. The third-order valence-corrected chi connectivity index (χ3v) is 4.01. The SMILES string of the molecule is CN(C)CCn1ccc2ccc(NC(=O)c3ccc([N+](=O)[O-])cn3)cc21. The lowest BCUT2D eigenvalue weighted by molar-refractivity contribution is -0.385. The van der Waals surface area contributed by atoms with Gasteiger partial charge in [-0.25, -0.2) is 4.98 Å². The molecule has 8 heteroatoms. The van der Waals surface area contributed by atoms with Crippen molar-refractivity contribution in [2.75, 3.05) is 26.0 Å². The number of benzene rings is 1. The van der Waals surface area contributed by atoms with E-state index in [4.69, 9.17) is 0 Å². The summed E-state index contributed by atoms with van der Waals surface area (Å²) in [7, 11) is 4.04. The third-order valence-electron chi connectivity index (χ3n) is 4.01. The fourth-order valence-corrected chi connectivity index (χ4v) is 2.59. The maximum Gasteiger partial charge on any atom is 0.287 e. The van der Waals surface area contributed by atoms with Gasteiger partial charge in [-0.1, -0.05) is 6.07 Å². The van der Waals surface area contributed by atoms with Crippen molar-refractivity contribution in [3.05, 3.63) is 64.6 Å². The summed E-state index contributed by atoms with van der Waals surface area (Å²) in [6.45, 7) is 1.75. The van der Waals surface area contributed by atoms with Gasteiger partial charge < -0.3 is 14.8 Å². The average Bonchev–Trinajstić information content (AvgIpc) is 3.02. The van der Waals surface area contributed by atoms with Crippen LogP contribution in [0.15, 0.2) is 48.8 Å². The zero-order valence-electron chi connectivity index (χ0n) is 14.5. The summed E-state index contributed by atoms with van der Waals surface area (Å²) in [6, 6.07) is 10.3. The van der Waals surface area contributed by atoms with Crippen molar-refractivity contribution < 1.29 is 9.72 Å². The number of hydrogen-bond acceptors (Lipinski definition) is 5. The number of likely N-dealkylation sites (N-methyl/N-ethyl adjacent to an activating group) is 1. The van der Waals surface area contributed by atoms with Gasteiger partial charge in [-0.15, -0.1) is 0 Å². The molecule has 1 N–H and O–H groups in total. The third kappa shape index (κ3) is 3.86. The zero-order chi connectivity index (χ0) is 18.7. The minimum Gasteiger partial charge on any atom is -0.346 e. The summed E-state index contributed by atoms with van der Waals surface area (Å²) < 4.78 is 2.13. The van der Waals surface area contributed by atoms with E-state index in [1.807, 2.05) is 44.6 Å². The van der Waals surface area contributed by atoms with Crippen LogP contribution < -0.4 is 5.32 Å². The van der Waals surface area contributed by atoms with E-state index in [2.05, 4.69) is 19.8 Å². The molecule has 0 saturated heterocycles. The maximum absolute atomic E-state index is 12.3. The number of carbonyl (C=O) groups is 1. The van der Waals surface area contributed by atoms with Crippen molar-refractivity contribution in [3.63, 3.8) is 0 Å². The number of carbonyl (C=O) groups excluding carboxylic acids is 1. The topological polar surface area (TPSA) is 93.3 Å². The van der Waals surface area contributed by atoms with Crippen LogP contribution in [0, 0.1) is 10.1 Å². The summed E-state index contributed by atoms with van der Waals surface area (Å²) in [5, 5.41) is 14.5. The first-order valence-electron chi connectivity index (χ1n) is 8.09. The molecular weight excluding hydrogens is 334 g/mol. The van der Waals surface area contributed by atoms with Gasteiger partial charge in [0.25, 0.3) is 11.6 Å². The second-order valence-electron chi connectivity index (χ2n) is 6.20. The average molecular weight is 353 g/mol. The fourth-order valence-electron chi connectivity index (χ4n) is 2.59. The number of nitro groups is 1. The van der Waals surface area contributed by atoms with E-state index in [0.717, 1.165) is 30.2 Å². The zero-order valence-corrected chi connectivity index (χ0v) is 14.5. The number of fused-ring (bicyclic) bond motifs is 1. The Labute approximate surface area is 150 Å². The van der Waals surface area contributed by atoms with Crippen LogP contribution in [0.5, 0.6) is 0 Å². The highest BCUT2D eigenvalue weighted by atomic mass is 16.6. The highest BCUT2D eigenvalue weighted by Gasteiger charge is 2.12. The molecule has 3 aromatic rings. The predicted octanol–water partition coefficient (Wildman–Crippen LogP) is 2.76. The monoisotopic (exact) mass is 353 g/mol. The fraction of sp³-hybridized carbons (Fsp3) is 0.222. The molecule has 0 aliphatic carbocycles. The molecule has 1 amide bonds. The molecule has 1 aromatic carbocycles. The number of rotatable bonds is 6. The van der Waals surface area contributed by atoms with Gasteiger partial charge in [0, 0.05) is 31.0 Å². The van der Waals surface area contributed by atoms with Gasteiger partial charge in [0.2, 0.25) is 0 Å². The normalized spacial score (nSPS) is 11.0. The van der Waals surface area contributed by atoms with Gasteiger partial charge in [-0.3, -0.25) is 14.9 Å². The summed E-state index contributed by atoms with van der Waals surface area (Å²) in [6.07, 6.45) is 3.10. The number of aromatic nitrogens is 2.